The molecule has 0 atom stereocenters. The first-order chi connectivity index (χ1) is 14.6. The van der Waals surface area contributed by atoms with Gasteiger partial charge in [-0.05, 0) is 53.6 Å². The van der Waals surface area contributed by atoms with Crippen molar-refractivity contribution in [3.8, 4) is 11.5 Å². The fourth-order valence-corrected chi connectivity index (χ4v) is 2.70. The first-order valence-corrected chi connectivity index (χ1v) is 9.21. The van der Waals surface area contributed by atoms with Gasteiger partial charge in [-0.2, -0.15) is 0 Å². The molecular weight excluding hydrogens is 382 g/mol. The lowest BCUT2D eigenvalue weighted by atomic mass is 10.1. The molecule has 0 unspecified atom stereocenters. The average molecular weight is 403 g/mol. The fourth-order valence-electron chi connectivity index (χ4n) is 2.70. The molecule has 1 heterocycles. The monoisotopic (exact) mass is 403 g/mol. The lowest BCUT2D eigenvalue weighted by molar-refractivity contribution is 0.0600. The lowest BCUT2D eigenvalue weighted by Gasteiger charge is -2.11. The van der Waals surface area contributed by atoms with Crippen molar-refractivity contribution in [2.24, 2.45) is 0 Å². The number of aromatic nitrogens is 1. The number of esters is 1. The first kappa shape index (κ1) is 20.8. The number of pyridine rings is 1. The number of ketones is 1. The van der Waals surface area contributed by atoms with Gasteiger partial charge in [0.15, 0.2) is 17.3 Å². The number of nitrogens with zero attached hydrogens (tertiary/aromatic N) is 1. The predicted molar refractivity (Wildman–Crippen MR) is 113 cm³/mol. The number of ether oxygens (including phenoxy) is 3. The second kappa shape index (κ2) is 10.0. The van der Waals surface area contributed by atoms with Gasteiger partial charge in [-0.15, -0.1) is 0 Å². The Bertz CT molecular complexity index is 1040. The summed E-state index contributed by atoms with van der Waals surface area (Å²) in [7, 11) is 2.90. The molecule has 0 fully saturated rings. The third kappa shape index (κ3) is 5.32. The van der Waals surface area contributed by atoms with Crippen LogP contribution < -0.4 is 9.47 Å². The molecule has 0 bridgehead atoms. The van der Waals surface area contributed by atoms with Crippen molar-refractivity contribution in [3.05, 3.63) is 95.3 Å². The number of carbonyl (C=O) groups excluding carboxylic acids is 2. The Morgan fingerprint density at radius 2 is 1.77 bits per heavy atom. The van der Waals surface area contributed by atoms with Gasteiger partial charge in [-0.1, -0.05) is 24.3 Å². The molecule has 3 aromatic rings. The zero-order valence-electron chi connectivity index (χ0n) is 16.7. The zero-order chi connectivity index (χ0) is 21.3. The van der Waals surface area contributed by atoms with Crippen molar-refractivity contribution in [1.29, 1.82) is 0 Å². The molecule has 0 aliphatic carbocycles. The van der Waals surface area contributed by atoms with Crippen LogP contribution in [0.2, 0.25) is 0 Å². The number of benzene rings is 2. The summed E-state index contributed by atoms with van der Waals surface area (Å²) in [5.74, 6) is 0.620. The molecule has 0 aliphatic rings. The second-order valence-electron chi connectivity index (χ2n) is 6.33. The van der Waals surface area contributed by atoms with Gasteiger partial charge in [-0.25, -0.2) is 4.79 Å². The number of rotatable bonds is 8. The average Bonchev–Trinajstić information content (AvgIpc) is 2.81. The maximum absolute atomic E-state index is 12.2. The van der Waals surface area contributed by atoms with Gasteiger partial charge < -0.3 is 14.2 Å². The summed E-state index contributed by atoms with van der Waals surface area (Å²) in [5, 5.41) is 0. The first-order valence-electron chi connectivity index (χ1n) is 9.21. The number of hydrogen-bond donors (Lipinski definition) is 0. The minimum atomic E-state index is -0.380. The van der Waals surface area contributed by atoms with Crippen molar-refractivity contribution < 1.29 is 23.8 Å². The highest BCUT2D eigenvalue weighted by molar-refractivity contribution is 6.06. The smallest absolute Gasteiger partial charge is 0.337 e. The van der Waals surface area contributed by atoms with E-state index in [0.717, 1.165) is 11.1 Å². The lowest BCUT2D eigenvalue weighted by Crippen LogP contribution is -2.02. The summed E-state index contributed by atoms with van der Waals surface area (Å²) in [6.07, 6.45) is 6.36. The molecule has 3 rings (SSSR count). The largest absolute Gasteiger partial charge is 0.493 e. The molecule has 152 valence electrons. The third-order valence-electron chi connectivity index (χ3n) is 4.33. The quantitative estimate of drug-likeness (QED) is 0.316. The van der Waals surface area contributed by atoms with E-state index in [9.17, 15) is 9.59 Å². The minimum absolute atomic E-state index is 0.127. The highest BCUT2D eigenvalue weighted by atomic mass is 16.5. The molecule has 1 aromatic heterocycles. The van der Waals surface area contributed by atoms with Crippen LogP contribution in [-0.4, -0.2) is 31.0 Å². The molecule has 6 nitrogen and oxygen atoms in total. The summed E-state index contributed by atoms with van der Waals surface area (Å²) in [5.41, 5.74) is 2.71. The Morgan fingerprint density at radius 1 is 0.967 bits per heavy atom. The van der Waals surface area contributed by atoms with E-state index in [1.54, 1.807) is 67.9 Å². The van der Waals surface area contributed by atoms with Gasteiger partial charge in [0.1, 0.15) is 6.61 Å². The van der Waals surface area contributed by atoms with Gasteiger partial charge in [-0.3, -0.25) is 9.78 Å². The van der Waals surface area contributed by atoms with Crippen LogP contribution in [0.3, 0.4) is 0 Å². The molecule has 0 radical (unpaired) electrons. The van der Waals surface area contributed by atoms with E-state index >= 15 is 0 Å². The predicted octanol–water partition coefficient (Wildman–Crippen LogP) is 4.35. The van der Waals surface area contributed by atoms with Crippen molar-refractivity contribution in [3.63, 3.8) is 0 Å². The number of carbonyl (C=O) groups is 2. The van der Waals surface area contributed by atoms with Crippen LogP contribution in [0.5, 0.6) is 11.5 Å². The summed E-state index contributed by atoms with van der Waals surface area (Å²) >= 11 is 0. The van der Waals surface area contributed by atoms with Gasteiger partial charge >= 0.3 is 5.97 Å². The SMILES string of the molecule is COC(=O)c1ccc(COc2ccc(C=CC(=O)c3cccnc3)cc2OC)cc1. The van der Waals surface area contributed by atoms with E-state index in [-0.39, 0.29) is 11.8 Å². The maximum atomic E-state index is 12.2. The Balaban J connectivity index is 1.66. The Morgan fingerprint density at radius 3 is 2.43 bits per heavy atom. The van der Waals surface area contributed by atoms with Crippen LogP contribution in [-0.2, 0) is 11.3 Å². The molecule has 30 heavy (non-hydrogen) atoms. The van der Waals surface area contributed by atoms with E-state index in [2.05, 4.69) is 4.98 Å². The van der Waals surface area contributed by atoms with Gasteiger partial charge in [0.2, 0.25) is 0 Å². The molecule has 2 aromatic carbocycles. The molecule has 0 saturated carbocycles. The number of hydrogen-bond acceptors (Lipinski definition) is 6. The zero-order valence-corrected chi connectivity index (χ0v) is 16.7. The van der Waals surface area contributed by atoms with Gasteiger partial charge in [0, 0.05) is 18.0 Å². The summed E-state index contributed by atoms with van der Waals surface area (Å²) in [6, 6.07) is 15.8. The molecule has 6 heteroatoms. The van der Waals surface area contributed by atoms with Crippen LogP contribution >= 0.6 is 0 Å². The fraction of sp³-hybridized carbons (Fsp3) is 0.125. The third-order valence-corrected chi connectivity index (χ3v) is 4.33. The molecule has 0 saturated heterocycles. The Labute approximate surface area is 174 Å². The highest BCUT2D eigenvalue weighted by Crippen LogP contribution is 2.29. The Kier molecular flexibility index (Phi) is 6.95. The molecule has 0 spiro atoms. The summed E-state index contributed by atoms with van der Waals surface area (Å²) in [4.78, 5) is 27.6. The van der Waals surface area contributed by atoms with Crippen molar-refractivity contribution in [1.82, 2.24) is 4.98 Å². The van der Waals surface area contributed by atoms with E-state index in [4.69, 9.17) is 14.2 Å². The van der Waals surface area contributed by atoms with Crippen molar-refractivity contribution in [2.45, 2.75) is 6.61 Å². The second-order valence-corrected chi connectivity index (χ2v) is 6.33. The molecule has 0 aliphatic heterocycles. The Hall–Kier alpha value is -3.93. The van der Waals surface area contributed by atoms with E-state index in [1.807, 2.05) is 6.07 Å². The summed E-state index contributed by atoms with van der Waals surface area (Å²) in [6.45, 7) is 0.312. The van der Waals surface area contributed by atoms with E-state index < -0.39 is 0 Å². The van der Waals surface area contributed by atoms with Crippen molar-refractivity contribution in [2.75, 3.05) is 14.2 Å². The van der Waals surface area contributed by atoms with Gasteiger partial charge in [0.05, 0.1) is 19.8 Å². The van der Waals surface area contributed by atoms with E-state index in [0.29, 0.717) is 29.2 Å². The van der Waals surface area contributed by atoms with Crippen molar-refractivity contribution >= 4 is 17.8 Å². The van der Waals surface area contributed by atoms with E-state index in [1.165, 1.54) is 19.4 Å². The standard InChI is InChI=1S/C24H21NO5/c1-28-23-14-17(7-11-21(26)20-4-3-13-25-15-20)8-12-22(23)30-16-18-5-9-19(10-6-18)24(27)29-2/h3-15H,16H2,1-2H3. The maximum Gasteiger partial charge on any atom is 0.337 e. The van der Waals surface area contributed by atoms with Crippen LogP contribution in [0.1, 0.15) is 31.8 Å². The van der Waals surface area contributed by atoms with Crippen LogP contribution in [0, 0.1) is 0 Å². The van der Waals surface area contributed by atoms with Crippen LogP contribution in [0.25, 0.3) is 6.08 Å². The molecule has 0 N–H and O–H groups in total. The topological polar surface area (TPSA) is 74.7 Å². The minimum Gasteiger partial charge on any atom is -0.493 e. The van der Waals surface area contributed by atoms with Crippen LogP contribution in [0.4, 0.5) is 0 Å². The normalized spacial score (nSPS) is 10.6. The molecular formula is C24H21NO5. The molecule has 0 amide bonds. The number of methoxy groups -OCH3 is 2. The van der Waals surface area contributed by atoms with Crippen LogP contribution in [0.15, 0.2) is 73.1 Å². The highest BCUT2D eigenvalue weighted by Gasteiger charge is 2.08. The number of allylic oxidation sites excluding steroid dienone is 1. The van der Waals surface area contributed by atoms with Gasteiger partial charge in [0.25, 0.3) is 0 Å². The summed E-state index contributed by atoms with van der Waals surface area (Å²) < 4.78 is 16.0.